The molecule has 88 valence electrons. The van der Waals surface area contributed by atoms with Gasteiger partial charge in [-0.05, 0) is 25.7 Å². The van der Waals surface area contributed by atoms with Gasteiger partial charge in [0.1, 0.15) is 0 Å². The highest BCUT2D eigenvalue weighted by atomic mass is 16.2. The monoisotopic (exact) mass is 212 g/mol. The van der Waals surface area contributed by atoms with E-state index in [-0.39, 0.29) is 5.91 Å². The van der Waals surface area contributed by atoms with Gasteiger partial charge in [-0.1, -0.05) is 20.3 Å². The molecule has 0 saturated heterocycles. The van der Waals surface area contributed by atoms with Crippen LogP contribution in [0.5, 0.6) is 0 Å². The van der Waals surface area contributed by atoms with Crippen molar-refractivity contribution in [2.75, 3.05) is 13.1 Å². The fourth-order valence-electron chi connectivity index (χ4n) is 1.53. The zero-order valence-electron chi connectivity index (χ0n) is 10.2. The largest absolute Gasteiger partial charge is 0.355 e. The molecule has 0 unspecified atom stereocenters. The Kier molecular flexibility index (Phi) is 5.09. The maximum absolute atomic E-state index is 11.3. The third-order valence-corrected chi connectivity index (χ3v) is 3.34. The summed E-state index contributed by atoms with van der Waals surface area (Å²) < 4.78 is 0. The maximum atomic E-state index is 11.3. The quantitative estimate of drug-likeness (QED) is 0.628. The first-order valence-electron chi connectivity index (χ1n) is 6.16. The van der Waals surface area contributed by atoms with Gasteiger partial charge in [-0.3, -0.25) is 4.79 Å². The fourth-order valence-corrected chi connectivity index (χ4v) is 1.53. The van der Waals surface area contributed by atoms with Crippen molar-refractivity contribution >= 4 is 5.91 Å². The lowest BCUT2D eigenvalue weighted by Gasteiger charge is -2.19. The van der Waals surface area contributed by atoms with E-state index in [4.69, 9.17) is 0 Å². The molecule has 2 N–H and O–H groups in total. The summed E-state index contributed by atoms with van der Waals surface area (Å²) in [5.74, 6) is 1.27. The Morgan fingerprint density at radius 2 is 2.00 bits per heavy atom. The lowest BCUT2D eigenvalue weighted by atomic mass is 10.0. The number of rotatable bonds is 7. The van der Waals surface area contributed by atoms with Crippen LogP contribution in [-0.4, -0.2) is 25.0 Å². The van der Waals surface area contributed by atoms with E-state index in [1.54, 1.807) is 0 Å². The molecule has 1 aliphatic carbocycles. The van der Waals surface area contributed by atoms with E-state index in [0.29, 0.717) is 17.9 Å². The molecule has 0 aromatic rings. The number of amides is 1. The van der Waals surface area contributed by atoms with Crippen molar-refractivity contribution in [1.29, 1.82) is 0 Å². The van der Waals surface area contributed by atoms with Crippen LogP contribution in [0.2, 0.25) is 0 Å². The smallest absolute Gasteiger partial charge is 0.223 e. The van der Waals surface area contributed by atoms with E-state index in [9.17, 15) is 4.79 Å². The summed E-state index contributed by atoms with van der Waals surface area (Å²) in [6.45, 7) is 8.30. The first-order chi connectivity index (χ1) is 7.15. The Balaban J connectivity index is 1.98. The van der Waals surface area contributed by atoms with Crippen LogP contribution in [0, 0.1) is 11.8 Å². The predicted octanol–water partition coefficient (Wildman–Crippen LogP) is 1.54. The van der Waals surface area contributed by atoms with E-state index in [2.05, 4.69) is 31.4 Å². The number of carbonyl (C=O) groups excluding carboxylic acids is 1. The van der Waals surface area contributed by atoms with Gasteiger partial charge in [0.25, 0.3) is 0 Å². The second kappa shape index (κ2) is 6.11. The normalized spacial score (nSPS) is 19.7. The second-order valence-electron chi connectivity index (χ2n) is 4.69. The summed E-state index contributed by atoms with van der Waals surface area (Å²) in [4.78, 5) is 11.3. The van der Waals surface area contributed by atoms with E-state index >= 15 is 0 Å². The Morgan fingerprint density at radius 3 is 2.53 bits per heavy atom. The average molecular weight is 212 g/mol. The minimum Gasteiger partial charge on any atom is -0.355 e. The summed E-state index contributed by atoms with van der Waals surface area (Å²) in [7, 11) is 0. The van der Waals surface area contributed by atoms with Crippen molar-refractivity contribution in [3.8, 4) is 0 Å². The molecule has 15 heavy (non-hydrogen) atoms. The van der Waals surface area contributed by atoms with Crippen molar-refractivity contribution < 1.29 is 4.79 Å². The second-order valence-corrected chi connectivity index (χ2v) is 4.69. The molecule has 0 aliphatic heterocycles. The van der Waals surface area contributed by atoms with Crippen LogP contribution in [0.1, 0.15) is 40.0 Å². The van der Waals surface area contributed by atoms with Crippen LogP contribution < -0.4 is 10.6 Å². The summed E-state index contributed by atoms with van der Waals surface area (Å²) in [6.07, 6.45) is 3.37. The van der Waals surface area contributed by atoms with Crippen molar-refractivity contribution in [3.63, 3.8) is 0 Å². The van der Waals surface area contributed by atoms with E-state index in [1.165, 1.54) is 6.42 Å². The minimum absolute atomic E-state index is 0.244. The lowest BCUT2D eigenvalue weighted by Crippen LogP contribution is -2.38. The fraction of sp³-hybridized carbons (Fsp3) is 0.917. The Morgan fingerprint density at radius 1 is 1.33 bits per heavy atom. The van der Waals surface area contributed by atoms with Gasteiger partial charge in [-0.15, -0.1) is 0 Å². The number of carbonyl (C=O) groups is 1. The predicted molar refractivity (Wildman–Crippen MR) is 62.7 cm³/mol. The van der Waals surface area contributed by atoms with Crippen LogP contribution >= 0.6 is 0 Å². The summed E-state index contributed by atoms with van der Waals surface area (Å²) >= 11 is 0. The molecular weight excluding hydrogens is 188 g/mol. The Bertz CT molecular complexity index is 202. The zero-order chi connectivity index (χ0) is 11.3. The first kappa shape index (κ1) is 12.5. The van der Waals surface area contributed by atoms with Crippen LogP contribution in [0.3, 0.4) is 0 Å². The van der Waals surface area contributed by atoms with Gasteiger partial charge >= 0.3 is 0 Å². The molecule has 0 aromatic heterocycles. The molecule has 0 heterocycles. The van der Waals surface area contributed by atoms with Gasteiger partial charge in [0, 0.05) is 25.0 Å². The molecule has 2 atom stereocenters. The molecular formula is C12H24N2O. The van der Waals surface area contributed by atoms with Crippen LogP contribution in [0.15, 0.2) is 0 Å². The topological polar surface area (TPSA) is 41.1 Å². The van der Waals surface area contributed by atoms with Crippen LogP contribution in [-0.2, 0) is 4.79 Å². The molecule has 0 aromatic carbocycles. The highest BCUT2D eigenvalue weighted by Gasteiger charge is 2.28. The summed E-state index contributed by atoms with van der Waals surface area (Å²) in [5, 5.41) is 6.39. The zero-order valence-corrected chi connectivity index (χ0v) is 10.2. The first-order valence-corrected chi connectivity index (χ1v) is 6.16. The molecule has 1 amide bonds. The van der Waals surface area contributed by atoms with Gasteiger partial charge < -0.3 is 10.6 Å². The van der Waals surface area contributed by atoms with Gasteiger partial charge in [0.2, 0.25) is 5.91 Å². The molecule has 0 bridgehead atoms. The SMILES string of the molecule is CC[C@@H](C)[C@H](C)NCCNC(=O)C1CC1. The third kappa shape index (κ3) is 4.65. The Labute approximate surface area is 93.0 Å². The average Bonchev–Trinajstić information content (AvgIpc) is 3.06. The molecule has 1 rings (SSSR count). The van der Waals surface area contributed by atoms with Crippen molar-refractivity contribution in [1.82, 2.24) is 10.6 Å². The third-order valence-electron chi connectivity index (χ3n) is 3.34. The lowest BCUT2D eigenvalue weighted by molar-refractivity contribution is -0.122. The van der Waals surface area contributed by atoms with Crippen LogP contribution in [0.4, 0.5) is 0 Å². The molecule has 3 heteroatoms. The molecule has 0 radical (unpaired) electrons. The van der Waals surface area contributed by atoms with Gasteiger partial charge in [0.05, 0.1) is 0 Å². The minimum atomic E-state index is 0.244. The molecule has 3 nitrogen and oxygen atoms in total. The molecule has 1 saturated carbocycles. The molecule has 0 spiro atoms. The van der Waals surface area contributed by atoms with Gasteiger partial charge in [0.15, 0.2) is 0 Å². The van der Waals surface area contributed by atoms with Gasteiger partial charge in [-0.25, -0.2) is 0 Å². The maximum Gasteiger partial charge on any atom is 0.223 e. The summed E-state index contributed by atoms with van der Waals surface area (Å²) in [6, 6.07) is 0.535. The van der Waals surface area contributed by atoms with E-state index in [0.717, 1.165) is 25.9 Å². The van der Waals surface area contributed by atoms with Crippen molar-refractivity contribution in [3.05, 3.63) is 0 Å². The van der Waals surface area contributed by atoms with Crippen molar-refractivity contribution in [2.24, 2.45) is 11.8 Å². The number of nitrogens with one attached hydrogen (secondary N) is 2. The van der Waals surface area contributed by atoms with Crippen LogP contribution in [0.25, 0.3) is 0 Å². The molecule has 1 fully saturated rings. The standard InChI is InChI=1S/C12H24N2O/c1-4-9(2)10(3)13-7-8-14-12(15)11-5-6-11/h9-11,13H,4-8H2,1-3H3,(H,14,15)/t9-,10+/m1/s1. The van der Waals surface area contributed by atoms with Crippen molar-refractivity contribution in [2.45, 2.75) is 46.1 Å². The number of hydrogen-bond acceptors (Lipinski definition) is 2. The highest BCUT2D eigenvalue weighted by molar-refractivity contribution is 5.80. The highest BCUT2D eigenvalue weighted by Crippen LogP contribution is 2.28. The Hall–Kier alpha value is -0.570. The summed E-state index contributed by atoms with van der Waals surface area (Å²) in [5.41, 5.74) is 0. The van der Waals surface area contributed by atoms with Gasteiger partial charge in [-0.2, -0.15) is 0 Å². The van der Waals surface area contributed by atoms with E-state index in [1.807, 2.05) is 0 Å². The molecule has 1 aliphatic rings. The number of hydrogen-bond donors (Lipinski definition) is 2. The van der Waals surface area contributed by atoms with E-state index < -0.39 is 0 Å².